The molecular formula is C16H25ClN4. The van der Waals surface area contributed by atoms with Crippen molar-refractivity contribution in [1.29, 1.82) is 0 Å². The quantitative estimate of drug-likeness (QED) is 0.793. The molecule has 3 atom stereocenters. The van der Waals surface area contributed by atoms with E-state index in [2.05, 4.69) is 35.1 Å². The molecule has 5 heteroatoms. The lowest BCUT2D eigenvalue weighted by Crippen LogP contribution is -2.25. The average molecular weight is 309 g/mol. The highest BCUT2D eigenvalue weighted by molar-refractivity contribution is 6.16. The van der Waals surface area contributed by atoms with Crippen molar-refractivity contribution in [3.05, 3.63) is 11.5 Å². The first-order valence-electron chi connectivity index (χ1n) is 8.07. The molecule has 0 N–H and O–H groups in total. The number of rotatable bonds is 3. The summed E-state index contributed by atoms with van der Waals surface area (Å²) in [5.74, 6) is 3.04. The van der Waals surface area contributed by atoms with Gasteiger partial charge in [0.05, 0.1) is 11.6 Å². The Labute approximate surface area is 131 Å². The molecule has 2 aromatic heterocycles. The van der Waals surface area contributed by atoms with Gasteiger partial charge in [-0.05, 0) is 44.9 Å². The Morgan fingerprint density at radius 2 is 2.00 bits per heavy atom. The van der Waals surface area contributed by atoms with Crippen molar-refractivity contribution in [3.8, 4) is 0 Å². The van der Waals surface area contributed by atoms with Crippen molar-refractivity contribution in [2.75, 3.05) is 0 Å². The molecule has 0 bridgehead atoms. The summed E-state index contributed by atoms with van der Waals surface area (Å²) in [5, 5.41) is 4.62. The van der Waals surface area contributed by atoms with Gasteiger partial charge in [0.25, 0.3) is 0 Å². The van der Waals surface area contributed by atoms with E-state index < -0.39 is 0 Å². The van der Waals surface area contributed by atoms with Crippen LogP contribution in [0.3, 0.4) is 0 Å². The second kappa shape index (κ2) is 5.64. The molecule has 0 spiro atoms. The highest BCUT2D eigenvalue weighted by Gasteiger charge is 2.29. The van der Waals surface area contributed by atoms with Gasteiger partial charge in [-0.1, -0.05) is 13.8 Å². The molecule has 0 radical (unpaired) electrons. The molecule has 0 aromatic carbocycles. The number of aromatic nitrogens is 4. The summed E-state index contributed by atoms with van der Waals surface area (Å²) in [7, 11) is 0. The van der Waals surface area contributed by atoms with Crippen molar-refractivity contribution in [3.63, 3.8) is 0 Å². The van der Waals surface area contributed by atoms with Gasteiger partial charge in [0.2, 0.25) is 0 Å². The molecule has 0 amide bonds. The van der Waals surface area contributed by atoms with E-state index in [1.165, 1.54) is 19.3 Å². The van der Waals surface area contributed by atoms with E-state index in [1.54, 1.807) is 0 Å². The van der Waals surface area contributed by atoms with E-state index in [4.69, 9.17) is 16.6 Å². The molecule has 1 aliphatic carbocycles. The zero-order valence-corrected chi connectivity index (χ0v) is 14.2. The fourth-order valence-electron chi connectivity index (χ4n) is 3.69. The number of aryl methyl sites for hydroxylation is 2. The summed E-state index contributed by atoms with van der Waals surface area (Å²) in [6.45, 7) is 9.78. The average Bonchev–Trinajstić information content (AvgIpc) is 2.99. The zero-order valence-electron chi connectivity index (χ0n) is 13.4. The first-order chi connectivity index (χ1) is 10.1. The largest absolute Gasteiger partial charge is 0.309 e. The Hall–Kier alpha value is -1.03. The number of imidazole rings is 1. The van der Waals surface area contributed by atoms with Gasteiger partial charge in [0, 0.05) is 12.6 Å². The summed E-state index contributed by atoms with van der Waals surface area (Å²) in [6, 6.07) is 0.511. The van der Waals surface area contributed by atoms with Gasteiger partial charge < -0.3 is 4.57 Å². The number of nitrogens with zero attached hydrogens (tertiary/aromatic N) is 4. The molecule has 2 aromatic rings. The fraction of sp³-hybridized carbons (Fsp3) is 0.750. The minimum absolute atomic E-state index is 0.471. The first-order valence-corrected chi connectivity index (χ1v) is 8.60. The third-order valence-corrected chi connectivity index (χ3v) is 5.41. The predicted octanol–water partition coefficient (Wildman–Crippen LogP) is 4.30. The fourth-order valence-corrected chi connectivity index (χ4v) is 3.87. The monoisotopic (exact) mass is 308 g/mol. The smallest absolute Gasteiger partial charge is 0.159 e. The van der Waals surface area contributed by atoms with Gasteiger partial charge in [-0.15, -0.1) is 11.6 Å². The lowest BCUT2D eigenvalue weighted by Gasteiger charge is -2.33. The molecule has 116 valence electrons. The number of fused-ring (bicyclic) bond motifs is 1. The number of hydrogen-bond donors (Lipinski definition) is 0. The lowest BCUT2D eigenvalue weighted by molar-refractivity contribution is 0.210. The van der Waals surface area contributed by atoms with Crippen molar-refractivity contribution in [2.45, 2.75) is 65.4 Å². The Kier molecular flexibility index (Phi) is 4.00. The van der Waals surface area contributed by atoms with Gasteiger partial charge in [0.1, 0.15) is 11.3 Å². The summed E-state index contributed by atoms with van der Waals surface area (Å²) < 4.78 is 4.46. The van der Waals surface area contributed by atoms with Crippen LogP contribution in [0.2, 0.25) is 0 Å². The third kappa shape index (κ3) is 2.37. The molecule has 3 unspecified atom stereocenters. The summed E-state index contributed by atoms with van der Waals surface area (Å²) >= 11 is 6.18. The number of alkyl halides is 1. The number of halogens is 1. The zero-order chi connectivity index (χ0) is 15.1. The molecule has 1 saturated carbocycles. The van der Waals surface area contributed by atoms with Crippen LogP contribution in [0.15, 0.2) is 0 Å². The third-order valence-electron chi connectivity index (χ3n) is 5.17. The van der Waals surface area contributed by atoms with Crippen LogP contribution in [0.4, 0.5) is 0 Å². The van der Waals surface area contributed by atoms with Crippen LogP contribution in [0.1, 0.15) is 57.6 Å². The second-order valence-electron chi connectivity index (χ2n) is 6.53. The standard InChI is InChI=1S/C16H25ClN4/c1-5-20-16-15(12(4)19-20)18-14(9-17)21(16)13-7-6-10(2)11(3)8-13/h10-11,13H,5-9H2,1-4H3. The molecule has 2 heterocycles. The maximum Gasteiger partial charge on any atom is 0.159 e. The van der Waals surface area contributed by atoms with Crippen molar-refractivity contribution in [2.24, 2.45) is 11.8 Å². The molecule has 3 rings (SSSR count). The molecule has 21 heavy (non-hydrogen) atoms. The summed E-state index contributed by atoms with van der Waals surface area (Å²) in [4.78, 5) is 4.77. The molecule has 1 fully saturated rings. The Morgan fingerprint density at radius 1 is 1.24 bits per heavy atom. The van der Waals surface area contributed by atoms with E-state index in [9.17, 15) is 0 Å². The van der Waals surface area contributed by atoms with Crippen LogP contribution in [-0.2, 0) is 12.4 Å². The van der Waals surface area contributed by atoms with Gasteiger partial charge in [0.15, 0.2) is 5.65 Å². The minimum atomic E-state index is 0.471. The van der Waals surface area contributed by atoms with E-state index in [-0.39, 0.29) is 0 Å². The van der Waals surface area contributed by atoms with Gasteiger partial charge >= 0.3 is 0 Å². The highest BCUT2D eigenvalue weighted by atomic mass is 35.5. The topological polar surface area (TPSA) is 35.6 Å². The summed E-state index contributed by atoms with van der Waals surface area (Å²) in [5.41, 5.74) is 3.20. The predicted molar refractivity (Wildman–Crippen MR) is 86.7 cm³/mol. The van der Waals surface area contributed by atoms with Crippen LogP contribution < -0.4 is 0 Å². The SMILES string of the molecule is CCn1nc(C)c2nc(CCl)n(C3CCC(C)C(C)C3)c21. The van der Waals surface area contributed by atoms with Crippen LogP contribution >= 0.6 is 11.6 Å². The van der Waals surface area contributed by atoms with Crippen molar-refractivity contribution >= 4 is 22.8 Å². The molecule has 0 aliphatic heterocycles. The van der Waals surface area contributed by atoms with E-state index in [0.717, 1.165) is 41.1 Å². The van der Waals surface area contributed by atoms with E-state index >= 15 is 0 Å². The van der Waals surface area contributed by atoms with E-state index in [1.807, 2.05) is 6.92 Å². The maximum atomic E-state index is 6.18. The Morgan fingerprint density at radius 3 is 2.62 bits per heavy atom. The summed E-state index contributed by atoms with van der Waals surface area (Å²) in [6.07, 6.45) is 3.71. The van der Waals surface area contributed by atoms with E-state index in [0.29, 0.717) is 11.9 Å². The van der Waals surface area contributed by atoms with Crippen molar-refractivity contribution in [1.82, 2.24) is 19.3 Å². The van der Waals surface area contributed by atoms with Crippen LogP contribution in [0.25, 0.3) is 11.2 Å². The van der Waals surface area contributed by atoms with Gasteiger partial charge in [-0.2, -0.15) is 5.10 Å². The highest BCUT2D eigenvalue weighted by Crippen LogP contribution is 2.39. The van der Waals surface area contributed by atoms with Gasteiger partial charge in [-0.3, -0.25) is 0 Å². The first kappa shape index (κ1) is 14.9. The van der Waals surface area contributed by atoms with Crippen molar-refractivity contribution < 1.29 is 0 Å². The molecular weight excluding hydrogens is 284 g/mol. The molecule has 1 aliphatic rings. The van der Waals surface area contributed by atoms with Crippen LogP contribution in [0.5, 0.6) is 0 Å². The maximum absolute atomic E-state index is 6.18. The van der Waals surface area contributed by atoms with Crippen LogP contribution in [0, 0.1) is 18.8 Å². The van der Waals surface area contributed by atoms with Crippen LogP contribution in [-0.4, -0.2) is 19.3 Å². The Balaban J connectivity index is 2.11. The number of hydrogen-bond acceptors (Lipinski definition) is 2. The molecule has 4 nitrogen and oxygen atoms in total. The lowest BCUT2D eigenvalue weighted by atomic mass is 9.79. The van der Waals surface area contributed by atoms with Gasteiger partial charge in [-0.25, -0.2) is 9.67 Å². The molecule has 0 saturated heterocycles. The minimum Gasteiger partial charge on any atom is -0.309 e. The second-order valence-corrected chi connectivity index (χ2v) is 6.79. The Bertz CT molecular complexity index is 642. The normalized spacial score (nSPS) is 26.6.